The summed E-state index contributed by atoms with van der Waals surface area (Å²) in [4.78, 5) is 13.7. The summed E-state index contributed by atoms with van der Waals surface area (Å²) < 4.78 is 0. The van der Waals surface area contributed by atoms with Crippen molar-refractivity contribution in [2.75, 3.05) is 0 Å². The van der Waals surface area contributed by atoms with Crippen LogP contribution in [0, 0.1) is 6.92 Å². The Labute approximate surface area is 126 Å². The zero-order valence-electron chi connectivity index (χ0n) is 11.5. The molecule has 0 bridgehead atoms. The van der Waals surface area contributed by atoms with Crippen LogP contribution in [0.5, 0.6) is 0 Å². The van der Waals surface area contributed by atoms with Crippen LogP contribution in [-0.2, 0) is 0 Å². The van der Waals surface area contributed by atoms with Crippen molar-refractivity contribution in [3.05, 3.63) is 59.7 Å². The Morgan fingerprint density at radius 1 is 1.05 bits per heavy atom. The lowest BCUT2D eigenvalue weighted by Crippen LogP contribution is -1.82. The predicted octanol–water partition coefficient (Wildman–Crippen LogP) is 4.66. The minimum Gasteiger partial charge on any atom is -0.360 e. The van der Waals surface area contributed by atoms with Gasteiger partial charge in [0, 0.05) is 33.7 Å². The molecule has 0 saturated heterocycles. The fraction of sp³-hybridized carbons (Fsp3) is 0.0588. The molecule has 0 saturated carbocycles. The number of aromatic nitrogens is 3. The number of hydrogen-bond donors (Lipinski definition) is 1. The summed E-state index contributed by atoms with van der Waals surface area (Å²) in [6.07, 6.45) is 3.84. The first-order valence-electron chi connectivity index (χ1n) is 6.78. The van der Waals surface area contributed by atoms with E-state index < -0.39 is 0 Å². The number of aromatic amines is 1. The predicted molar refractivity (Wildman–Crippen MR) is 87.4 cm³/mol. The van der Waals surface area contributed by atoms with E-state index in [2.05, 4.69) is 35.1 Å². The summed E-state index contributed by atoms with van der Waals surface area (Å²) >= 11 is 1.69. The summed E-state index contributed by atoms with van der Waals surface area (Å²) in [6.45, 7) is 2.11. The first-order chi connectivity index (χ1) is 10.3. The maximum Gasteiger partial charge on any atom is 0.142 e. The second kappa shape index (κ2) is 4.82. The molecule has 3 aromatic heterocycles. The molecule has 0 aliphatic rings. The van der Waals surface area contributed by atoms with Gasteiger partial charge in [0.05, 0.1) is 11.4 Å². The SMILES string of the molecule is Cc1sc(-c2ccccn2)nc1-c1c[nH]c2ccccc12. The molecule has 0 aliphatic carbocycles. The van der Waals surface area contributed by atoms with E-state index >= 15 is 0 Å². The first kappa shape index (κ1) is 12.3. The maximum absolute atomic E-state index is 4.81. The van der Waals surface area contributed by atoms with E-state index in [1.54, 1.807) is 17.5 Å². The van der Waals surface area contributed by atoms with Gasteiger partial charge >= 0.3 is 0 Å². The number of pyridine rings is 1. The van der Waals surface area contributed by atoms with Crippen molar-refractivity contribution in [1.82, 2.24) is 15.0 Å². The Hall–Kier alpha value is -2.46. The number of para-hydroxylation sites is 1. The minimum atomic E-state index is 0.927. The van der Waals surface area contributed by atoms with Crippen molar-refractivity contribution in [3.8, 4) is 22.0 Å². The van der Waals surface area contributed by atoms with Gasteiger partial charge in [-0.3, -0.25) is 4.98 Å². The van der Waals surface area contributed by atoms with Crippen LogP contribution in [0.15, 0.2) is 54.9 Å². The van der Waals surface area contributed by atoms with Crippen LogP contribution in [0.2, 0.25) is 0 Å². The molecule has 1 aromatic carbocycles. The van der Waals surface area contributed by atoms with Gasteiger partial charge in [-0.1, -0.05) is 24.3 Å². The molecule has 0 atom stereocenters. The van der Waals surface area contributed by atoms with E-state index in [1.807, 2.05) is 30.5 Å². The molecule has 4 heteroatoms. The van der Waals surface area contributed by atoms with Crippen LogP contribution in [0.1, 0.15) is 4.88 Å². The Morgan fingerprint density at radius 3 is 2.76 bits per heavy atom. The number of rotatable bonds is 2. The highest BCUT2D eigenvalue weighted by molar-refractivity contribution is 7.15. The standard InChI is InChI=1S/C17H13N3S/c1-11-16(13-10-19-14-7-3-2-6-12(13)14)20-17(21-11)15-8-4-5-9-18-15/h2-10,19H,1H3. The molecule has 0 unspecified atom stereocenters. The van der Waals surface area contributed by atoms with Crippen molar-refractivity contribution in [2.24, 2.45) is 0 Å². The van der Waals surface area contributed by atoms with E-state index in [4.69, 9.17) is 4.98 Å². The lowest BCUT2D eigenvalue weighted by molar-refractivity contribution is 1.29. The number of thiazole rings is 1. The summed E-state index contributed by atoms with van der Waals surface area (Å²) in [5.41, 5.74) is 4.26. The average Bonchev–Trinajstić information content (AvgIpc) is 3.11. The molecule has 0 amide bonds. The molecule has 0 aliphatic heterocycles. The summed E-state index contributed by atoms with van der Waals surface area (Å²) in [7, 11) is 0. The Morgan fingerprint density at radius 2 is 1.90 bits per heavy atom. The van der Waals surface area contributed by atoms with E-state index in [0.717, 1.165) is 27.5 Å². The van der Waals surface area contributed by atoms with Crippen LogP contribution in [-0.4, -0.2) is 15.0 Å². The lowest BCUT2D eigenvalue weighted by Gasteiger charge is -1.96. The summed E-state index contributed by atoms with van der Waals surface area (Å²) in [5, 5.41) is 2.17. The molecule has 4 aromatic rings. The van der Waals surface area contributed by atoms with Gasteiger partial charge in [0.15, 0.2) is 0 Å². The van der Waals surface area contributed by atoms with Gasteiger partial charge in [0.25, 0.3) is 0 Å². The Kier molecular flexibility index (Phi) is 2.82. The molecule has 4 rings (SSSR count). The minimum absolute atomic E-state index is 0.927. The molecular formula is C17H13N3S. The highest BCUT2D eigenvalue weighted by Gasteiger charge is 2.14. The molecule has 0 spiro atoms. The number of hydrogen-bond acceptors (Lipinski definition) is 3. The van der Waals surface area contributed by atoms with E-state index in [0.29, 0.717) is 0 Å². The monoisotopic (exact) mass is 291 g/mol. The first-order valence-corrected chi connectivity index (χ1v) is 7.60. The fourth-order valence-electron chi connectivity index (χ4n) is 2.51. The van der Waals surface area contributed by atoms with E-state index in [1.165, 1.54) is 10.3 Å². The van der Waals surface area contributed by atoms with Crippen LogP contribution in [0.3, 0.4) is 0 Å². The van der Waals surface area contributed by atoms with Crippen LogP contribution in [0.25, 0.3) is 32.9 Å². The molecular weight excluding hydrogens is 278 g/mol. The smallest absolute Gasteiger partial charge is 0.142 e. The quantitative estimate of drug-likeness (QED) is 0.583. The van der Waals surface area contributed by atoms with Crippen molar-refractivity contribution < 1.29 is 0 Å². The van der Waals surface area contributed by atoms with Gasteiger partial charge in [-0.15, -0.1) is 11.3 Å². The fourth-order valence-corrected chi connectivity index (χ4v) is 3.42. The summed E-state index contributed by atoms with van der Waals surface area (Å²) in [6, 6.07) is 14.2. The maximum atomic E-state index is 4.81. The molecule has 1 N–H and O–H groups in total. The van der Waals surface area contributed by atoms with Crippen molar-refractivity contribution in [3.63, 3.8) is 0 Å². The number of H-pyrrole nitrogens is 1. The summed E-state index contributed by atoms with van der Waals surface area (Å²) in [5.74, 6) is 0. The van der Waals surface area contributed by atoms with Gasteiger partial charge in [0.2, 0.25) is 0 Å². The zero-order chi connectivity index (χ0) is 14.2. The molecule has 3 heterocycles. The normalized spacial score (nSPS) is 11.1. The average molecular weight is 291 g/mol. The third-order valence-corrected chi connectivity index (χ3v) is 4.52. The second-order valence-electron chi connectivity index (χ2n) is 4.89. The number of aryl methyl sites for hydroxylation is 1. The zero-order valence-corrected chi connectivity index (χ0v) is 12.3. The molecule has 0 radical (unpaired) electrons. The molecule has 21 heavy (non-hydrogen) atoms. The number of benzene rings is 1. The van der Waals surface area contributed by atoms with Gasteiger partial charge in [-0.05, 0) is 25.1 Å². The van der Waals surface area contributed by atoms with E-state index in [9.17, 15) is 0 Å². The van der Waals surface area contributed by atoms with Crippen molar-refractivity contribution in [1.29, 1.82) is 0 Å². The van der Waals surface area contributed by atoms with Gasteiger partial charge < -0.3 is 4.98 Å². The van der Waals surface area contributed by atoms with Gasteiger partial charge in [-0.2, -0.15) is 0 Å². The van der Waals surface area contributed by atoms with Crippen molar-refractivity contribution in [2.45, 2.75) is 6.92 Å². The van der Waals surface area contributed by atoms with Crippen molar-refractivity contribution >= 4 is 22.2 Å². The highest BCUT2D eigenvalue weighted by atomic mass is 32.1. The van der Waals surface area contributed by atoms with E-state index in [-0.39, 0.29) is 0 Å². The highest BCUT2D eigenvalue weighted by Crippen LogP contribution is 2.35. The number of nitrogens with zero attached hydrogens (tertiary/aromatic N) is 2. The Bertz CT molecular complexity index is 906. The van der Waals surface area contributed by atoms with Gasteiger partial charge in [-0.25, -0.2) is 4.98 Å². The third kappa shape index (κ3) is 2.04. The van der Waals surface area contributed by atoms with Crippen LogP contribution < -0.4 is 0 Å². The number of nitrogens with one attached hydrogen (secondary N) is 1. The molecule has 0 fully saturated rings. The number of fused-ring (bicyclic) bond motifs is 1. The lowest BCUT2D eigenvalue weighted by atomic mass is 10.1. The van der Waals surface area contributed by atoms with Gasteiger partial charge in [0.1, 0.15) is 5.01 Å². The molecule has 3 nitrogen and oxygen atoms in total. The Balaban J connectivity index is 1.88. The van der Waals surface area contributed by atoms with Crippen LogP contribution >= 0.6 is 11.3 Å². The third-order valence-electron chi connectivity index (χ3n) is 3.52. The van der Waals surface area contributed by atoms with Crippen LogP contribution in [0.4, 0.5) is 0 Å². The topological polar surface area (TPSA) is 41.6 Å². The largest absolute Gasteiger partial charge is 0.360 e. The second-order valence-corrected chi connectivity index (χ2v) is 6.09. The molecule has 102 valence electrons.